The predicted octanol–water partition coefficient (Wildman–Crippen LogP) is 4.10. The molecule has 1 fully saturated rings. The Labute approximate surface area is 194 Å². The van der Waals surface area contributed by atoms with E-state index in [0.717, 1.165) is 18.9 Å². The fraction of sp³-hybridized carbons (Fsp3) is 0.280. The molecule has 1 heterocycles. The smallest absolute Gasteiger partial charge is 0.374 e. The van der Waals surface area contributed by atoms with Crippen LogP contribution in [0.3, 0.4) is 0 Å². The summed E-state index contributed by atoms with van der Waals surface area (Å²) >= 11 is 6.41. The van der Waals surface area contributed by atoms with Crippen LogP contribution >= 0.6 is 11.6 Å². The highest BCUT2D eigenvalue weighted by Gasteiger charge is 2.48. The largest absolute Gasteiger partial charge is 0.450 e. The van der Waals surface area contributed by atoms with Gasteiger partial charge in [0.25, 0.3) is 5.91 Å². The number of hydrogen-bond donors (Lipinski definition) is 0. The van der Waals surface area contributed by atoms with Crippen LogP contribution < -0.4 is 5.43 Å². The Morgan fingerprint density at radius 2 is 1.82 bits per heavy atom. The average molecular weight is 468 g/mol. The van der Waals surface area contributed by atoms with E-state index in [1.165, 1.54) is 11.9 Å². The van der Waals surface area contributed by atoms with Crippen LogP contribution in [0.1, 0.15) is 41.8 Å². The number of benzene rings is 2. The molecule has 3 aromatic rings. The summed E-state index contributed by atoms with van der Waals surface area (Å²) in [6, 6.07) is 14.5. The molecule has 0 N–H and O–H groups in total. The number of nitrogens with zero attached hydrogens (tertiary/aromatic N) is 1. The van der Waals surface area contributed by atoms with Gasteiger partial charge in [0.2, 0.25) is 5.76 Å². The number of esters is 1. The first-order valence-corrected chi connectivity index (χ1v) is 11.0. The molecule has 1 atom stereocenters. The topological polar surface area (TPSA) is 93.9 Å². The van der Waals surface area contributed by atoms with Crippen molar-refractivity contribution < 1.29 is 23.5 Å². The van der Waals surface area contributed by atoms with Crippen LogP contribution in [-0.2, 0) is 19.9 Å². The van der Waals surface area contributed by atoms with Gasteiger partial charge in [-0.2, -0.15) is 0 Å². The molecule has 7 nitrogen and oxygen atoms in total. The second-order valence-electron chi connectivity index (χ2n) is 7.97. The van der Waals surface area contributed by atoms with E-state index in [1.54, 1.807) is 48.5 Å². The number of amides is 1. The molecular weight excluding hydrogens is 446 g/mol. The van der Waals surface area contributed by atoms with Crippen LogP contribution in [0.2, 0.25) is 5.02 Å². The Morgan fingerprint density at radius 3 is 2.58 bits per heavy atom. The Bertz CT molecular complexity index is 1300. The second-order valence-corrected chi connectivity index (χ2v) is 8.38. The highest BCUT2D eigenvalue weighted by Crippen LogP contribution is 2.42. The van der Waals surface area contributed by atoms with Crippen LogP contribution in [0.15, 0.2) is 63.8 Å². The number of ether oxygens (including phenoxy) is 1. The molecule has 0 aliphatic heterocycles. The fourth-order valence-electron chi connectivity index (χ4n) is 4.34. The van der Waals surface area contributed by atoms with E-state index in [0.29, 0.717) is 28.8 Å². The average Bonchev–Trinajstić information content (AvgIpc) is 2.82. The first kappa shape index (κ1) is 22.7. The van der Waals surface area contributed by atoms with Gasteiger partial charge in [-0.05, 0) is 37.5 Å². The maximum Gasteiger partial charge on any atom is 0.374 e. The van der Waals surface area contributed by atoms with Crippen molar-refractivity contribution in [2.75, 3.05) is 13.7 Å². The molecule has 2 aromatic carbocycles. The van der Waals surface area contributed by atoms with Crippen molar-refractivity contribution in [3.63, 3.8) is 0 Å². The minimum atomic E-state index is -1.23. The zero-order valence-electron chi connectivity index (χ0n) is 18.0. The minimum absolute atomic E-state index is 0.107. The maximum absolute atomic E-state index is 13.1. The number of para-hydroxylation sites is 1. The van der Waals surface area contributed by atoms with Gasteiger partial charge in [-0.15, -0.1) is 0 Å². The van der Waals surface area contributed by atoms with Crippen molar-refractivity contribution in [1.82, 2.24) is 4.90 Å². The lowest BCUT2D eigenvalue weighted by atomic mass is 9.74. The second kappa shape index (κ2) is 9.19. The van der Waals surface area contributed by atoms with E-state index in [-0.39, 0.29) is 17.1 Å². The summed E-state index contributed by atoms with van der Waals surface area (Å²) in [6.45, 7) is -0.620. The van der Waals surface area contributed by atoms with Crippen LogP contribution in [0, 0.1) is 0 Å². The summed E-state index contributed by atoms with van der Waals surface area (Å²) in [7, 11) is 1.51. The maximum atomic E-state index is 13.1. The summed E-state index contributed by atoms with van der Waals surface area (Å²) in [6.07, 6.45) is 2.23. The van der Waals surface area contributed by atoms with Crippen LogP contribution in [-0.4, -0.2) is 36.2 Å². The number of rotatable bonds is 5. The third-order valence-corrected chi connectivity index (χ3v) is 6.41. The van der Waals surface area contributed by atoms with Crippen molar-refractivity contribution in [2.24, 2.45) is 0 Å². The number of fused-ring (bicyclic) bond motifs is 1. The highest BCUT2D eigenvalue weighted by molar-refractivity contribution is 6.31. The predicted molar refractivity (Wildman–Crippen MR) is 122 cm³/mol. The van der Waals surface area contributed by atoms with E-state index in [1.807, 2.05) is 0 Å². The van der Waals surface area contributed by atoms with Crippen LogP contribution in [0.4, 0.5) is 0 Å². The van der Waals surface area contributed by atoms with Crippen molar-refractivity contribution in [2.45, 2.75) is 31.2 Å². The summed E-state index contributed by atoms with van der Waals surface area (Å²) in [5.74, 6) is -1.92. The van der Waals surface area contributed by atoms with Gasteiger partial charge in [-0.1, -0.05) is 41.9 Å². The number of ketones is 1. The molecule has 0 bridgehead atoms. The van der Waals surface area contributed by atoms with Gasteiger partial charge < -0.3 is 14.1 Å². The summed E-state index contributed by atoms with van der Waals surface area (Å²) in [4.78, 5) is 52.2. The minimum Gasteiger partial charge on any atom is -0.450 e. The first-order valence-electron chi connectivity index (χ1n) is 10.6. The summed E-state index contributed by atoms with van der Waals surface area (Å²) < 4.78 is 10.6. The number of likely N-dealkylation sites (N-methyl/N-ethyl adjacent to an activating group) is 1. The van der Waals surface area contributed by atoms with Crippen molar-refractivity contribution >= 4 is 40.2 Å². The molecule has 8 heteroatoms. The van der Waals surface area contributed by atoms with Crippen LogP contribution in [0.5, 0.6) is 0 Å². The zero-order valence-corrected chi connectivity index (χ0v) is 18.8. The van der Waals surface area contributed by atoms with Gasteiger partial charge in [0.05, 0.1) is 5.39 Å². The number of hydrogen-bond acceptors (Lipinski definition) is 6. The third kappa shape index (κ3) is 4.16. The molecule has 33 heavy (non-hydrogen) atoms. The van der Waals surface area contributed by atoms with Crippen molar-refractivity contribution in [3.8, 4) is 0 Å². The lowest BCUT2D eigenvalue weighted by Gasteiger charge is -2.43. The Kier molecular flexibility index (Phi) is 6.33. The monoisotopic (exact) mass is 467 g/mol. The molecule has 1 aromatic heterocycles. The van der Waals surface area contributed by atoms with Gasteiger partial charge in [0.15, 0.2) is 17.8 Å². The van der Waals surface area contributed by atoms with E-state index in [2.05, 4.69) is 0 Å². The standard InChI is InChI=1S/C25H22ClNO6/c1-27(25(13-7-6-12-22(25)29)17-9-3-4-10-18(17)26)23(30)15-32-24(31)21-14-19(28)16-8-2-5-11-20(16)33-21/h2-5,8-11,14H,6-7,12-13,15H2,1H3. The quantitative estimate of drug-likeness (QED) is 0.524. The van der Waals surface area contributed by atoms with Gasteiger partial charge >= 0.3 is 5.97 Å². The van der Waals surface area contributed by atoms with E-state index in [9.17, 15) is 19.2 Å². The highest BCUT2D eigenvalue weighted by atomic mass is 35.5. The van der Waals surface area contributed by atoms with Crippen molar-refractivity contribution in [1.29, 1.82) is 0 Å². The van der Waals surface area contributed by atoms with Crippen molar-refractivity contribution in [3.05, 3.63) is 81.2 Å². The molecule has 4 rings (SSSR count). The van der Waals surface area contributed by atoms with E-state index in [4.69, 9.17) is 20.8 Å². The molecule has 0 saturated heterocycles. The lowest BCUT2D eigenvalue weighted by Crippen LogP contribution is -2.55. The summed E-state index contributed by atoms with van der Waals surface area (Å²) in [5, 5.41) is 0.727. The molecular formula is C25H22ClNO6. The molecule has 0 spiro atoms. The van der Waals surface area contributed by atoms with E-state index >= 15 is 0 Å². The molecule has 0 radical (unpaired) electrons. The fourth-order valence-corrected chi connectivity index (χ4v) is 4.63. The van der Waals surface area contributed by atoms with Crippen LogP contribution in [0.25, 0.3) is 11.0 Å². The molecule has 1 aliphatic carbocycles. The molecule has 1 aliphatic rings. The normalized spacial score (nSPS) is 18.2. The van der Waals surface area contributed by atoms with Gasteiger partial charge in [0, 0.05) is 30.1 Å². The Morgan fingerprint density at radius 1 is 1.09 bits per heavy atom. The Balaban J connectivity index is 1.56. The zero-order chi connectivity index (χ0) is 23.6. The number of Topliss-reactive ketones (excluding diaryl/α,β-unsaturated/α-hetero) is 1. The Hall–Kier alpha value is -3.45. The third-order valence-electron chi connectivity index (χ3n) is 6.08. The molecule has 1 unspecified atom stereocenters. The molecule has 1 saturated carbocycles. The lowest BCUT2D eigenvalue weighted by molar-refractivity contribution is -0.150. The van der Waals surface area contributed by atoms with Gasteiger partial charge in [-0.25, -0.2) is 4.79 Å². The molecule has 1 amide bonds. The van der Waals surface area contributed by atoms with Gasteiger partial charge in [0.1, 0.15) is 11.1 Å². The number of halogens is 1. The number of carbonyl (C=O) groups is 3. The molecule has 170 valence electrons. The van der Waals surface area contributed by atoms with Gasteiger partial charge in [-0.3, -0.25) is 14.4 Å². The number of carbonyl (C=O) groups excluding carboxylic acids is 3. The first-order chi connectivity index (χ1) is 15.8. The summed E-state index contributed by atoms with van der Waals surface area (Å²) in [5.41, 5.74) is -0.821. The SMILES string of the molecule is CN(C(=O)COC(=O)c1cc(=O)c2ccccc2o1)C1(c2ccccc2Cl)CCCCC1=O. The van der Waals surface area contributed by atoms with E-state index < -0.39 is 29.5 Å².